The first kappa shape index (κ1) is 22.1. The van der Waals surface area contributed by atoms with Crippen molar-refractivity contribution >= 4 is 28.2 Å². The first-order chi connectivity index (χ1) is 16.0. The van der Waals surface area contributed by atoms with Crippen LogP contribution >= 0.6 is 0 Å². The van der Waals surface area contributed by atoms with Gasteiger partial charge >= 0.3 is 0 Å². The van der Waals surface area contributed by atoms with Crippen molar-refractivity contribution in [2.75, 3.05) is 11.9 Å². The van der Waals surface area contributed by atoms with Crippen LogP contribution in [0.3, 0.4) is 0 Å². The number of anilines is 1. The third-order valence-corrected chi connectivity index (χ3v) is 5.28. The van der Waals surface area contributed by atoms with E-state index in [2.05, 4.69) is 5.32 Å². The van der Waals surface area contributed by atoms with Gasteiger partial charge in [-0.25, -0.2) is 0 Å². The molecule has 0 atom stereocenters. The maximum atomic E-state index is 12.9. The van der Waals surface area contributed by atoms with Crippen molar-refractivity contribution in [2.45, 2.75) is 20.5 Å². The molecule has 5 heteroatoms. The highest BCUT2D eigenvalue weighted by molar-refractivity contribution is 6.05. The summed E-state index contributed by atoms with van der Waals surface area (Å²) >= 11 is 0. The van der Waals surface area contributed by atoms with Crippen LogP contribution in [0.25, 0.3) is 10.8 Å². The Morgan fingerprint density at radius 1 is 0.788 bits per heavy atom. The number of benzene rings is 4. The summed E-state index contributed by atoms with van der Waals surface area (Å²) in [6.07, 6.45) is 0. The van der Waals surface area contributed by atoms with Gasteiger partial charge < -0.3 is 14.8 Å². The molecule has 0 spiro atoms. The Bertz CT molecular complexity index is 1310. The van der Waals surface area contributed by atoms with Crippen molar-refractivity contribution in [1.29, 1.82) is 0 Å². The smallest absolute Gasteiger partial charge is 0.255 e. The second-order valence-corrected chi connectivity index (χ2v) is 7.61. The number of hydrogen-bond acceptors (Lipinski definition) is 4. The van der Waals surface area contributed by atoms with Gasteiger partial charge in [0.15, 0.2) is 5.78 Å². The molecule has 0 aliphatic heterocycles. The van der Waals surface area contributed by atoms with Crippen molar-refractivity contribution in [2.24, 2.45) is 0 Å². The summed E-state index contributed by atoms with van der Waals surface area (Å²) in [6.45, 7) is 4.17. The maximum absolute atomic E-state index is 12.9. The van der Waals surface area contributed by atoms with Crippen LogP contribution in [0.4, 0.5) is 5.69 Å². The van der Waals surface area contributed by atoms with E-state index in [-0.39, 0.29) is 18.3 Å². The average Bonchev–Trinajstić information content (AvgIpc) is 2.83. The molecule has 4 rings (SSSR count). The largest absolute Gasteiger partial charge is 0.493 e. The summed E-state index contributed by atoms with van der Waals surface area (Å²) in [6, 6.07) is 26.1. The monoisotopic (exact) mass is 439 g/mol. The van der Waals surface area contributed by atoms with E-state index < -0.39 is 0 Å². The first-order valence-electron chi connectivity index (χ1n) is 10.8. The number of Topliss-reactive ketones (excluding diaryl/α,β-unsaturated/α-hetero) is 1. The van der Waals surface area contributed by atoms with Crippen LogP contribution in [0.2, 0.25) is 0 Å². The zero-order valence-electron chi connectivity index (χ0n) is 18.6. The van der Waals surface area contributed by atoms with Crippen molar-refractivity contribution in [3.63, 3.8) is 0 Å². The molecule has 0 radical (unpaired) electrons. The van der Waals surface area contributed by atoms with E-state index in [0.717, 1.165) is 22.1 Å². The highest BCUT2D eigenvalue weighted by Crippen LogP contribution is 2.28. The van der Waals surface area contributed by atoms with E-state index in [0.29, 0.717) is 29.2 Å². The Morgan fingerprint density at radius 3 is 2.39 bits per heavy atom. The Balaban J connectivity index is 1.57. The molecular weight excluding hydrogens is 414 g/mol. The summed E-state index contributed by atoms with van der Waals surface area (Å²) < 4.78 is 11.9. The summed E-state index contributed by atoms with van der Waals surface area (Å²) in [5.74, 6) is 1.12. The van der Waals surface area contributed by atoms with Gasteiger partial charge in [0, 0.05) is 27.8 Å². The van der Waals surface area contributed by atoms with Gasteiger partial charge in [-0.1, -0.05) is 48.5 Å². The van der Waals surface area contributed by atoms with Crippen LogP contribution in [0.1, 0.15) is 40.1 Å². The minimum atomic E-state index is -0.273. The standard InChI is InChI=1S/C28H25NO4/c1-3-32-26-15-14-22(28(31)29-24-11-6-10-21(17-24)19(2)30)16-23(26)18-33-27-13-7-9-20-8-4-5-12-25(20)27/h4-17H,3,18H2,1-2H3,(H,29,31). The van der Waals surface area contributed by atoms with Gasteiger partial charge in [0.1, 0.15) is 18.1 Å². The lowest BCUT2D eigenvalue weighted by Crippen LogP contribution is -2.13. The molecule has 0 aliphatic carbocycles. The molecule has 0 saturated carbocycles. The number of hydrogen-bond donors (Lipinski definition) is 1. The van der Waals surface area contributed by atoms with E-state index in [1.807, 2.05) is 49.4 Å². The maximum Gasteiger partial charge on any atom is 0.255 e. The summed E-state index contributed by atoms with van der Waals surface area (Å²) in [5, 5.41) is 4.98. The molecule has 0 heterocycles. The Labute approximate surface area is 193 Å². The molecule has 166 valence electrons. The fourth-order valence-electron chi connectivity index (χ4n) is 3.63. The molecule has 33 heavy (non-hydrogen) atoms. The lowest BCUT2D eigenvalue weighted by Gasteiger charge is -2.14. The molecule has 0 fully saturated rings. The quantitative estimate of drug-likeness (QED) is 0.329. The molecule has 4 aromatic carbocycles. The predicted molar refractivity (Wildman–Crippen MR) is 130 cm³/mol. The number of carbonyl (C=O) groups excluding carboxylic acids is 2. The zero-order valence-corrected chi connectivity index (χ0v) is 18.6. The summed E-state index contributed by atoms with van der Waals surface area (Å²) in [7, 11) is 0. The molecule has 0 bridgehead atoms. The number of ether oxygens (including phenoxy) is 2. The van der Waals surface area contributed by atoms with Crippen molar-refractivity contribution in [3.8, 4) is 11.5 Å². The van der Waals surface area contributed by atoms with E-state index in [4.69, 9.17) is 9.47 Å². The van der Waals surface area contributed by atoms with Gasteiger partial charge in [-0.05, 0) is 55.6 Å². The third kappa shape index (κ3) is 5.21. The topological polar surface area (TPSA) is 64.6 Å². The lowest BCUT2D eigenvalue weighted by atomic mass is 10.1. The molecule has 0 aliphatic rings. The molecule has 0 aromatic heterocycles. The van der Waals surface area contributed by atoms with Crippen molar-refractivity contribution < 1.29 is 19.1 Å². The fraction of sp³-hybridized carbons (Fsp3) is 0.143. The summed E-state index contributed by atoms with van der Waals surface area (Å²) in [5.41, 5.74) is 2.36. The number of amides is 1. The van der Waals surface area contributed by atoms with Gasteiger partial charge in [0.2, 0.25) is 0 Å². The molecule has 0 saturated heterocycles. The van der Waals surface area contributed by atoms with Crippen LogP contribution in [0.15, 0.2) is 84.9 Å². The minimum absolute atomic E-state index is 0.0555. The zero-order chi connectivity index (χ0) is 23.2. The van der Waals surface area contributed by atoms with Gasteiger partial charge in [0.25, 0.3) is 5.91 Å². The second-order valence-electron chi connectivity index (χ2n) is 7.61. The van der Waals surface area contributed by atoms with Gasteiger partial charge in [-0.15, -0.1) is 0 Å². The van der Waals surface area contributed by atoms with Crippen LogP contribution in [0, 0.1) is 0 Å². The van der Waals surface area contributed by atoms with Gasteiger partial charge in [0.05, 0.1) is 6.61 Å². The van der Waals surface area contributed by atoms with Crippen molar-refractivity contribution in [3.05, 3.63) is 102 Å². The number of rotatable bonds is 8. The fourth-order valence-corrected chi connectivity index (χ4v) is 3.63. The number of nitrogens with one attached hydrogen (secondary N) is 1. The van der Waals surface area contributed by atoms with E-state index in [1.54, 1.807) is 42.5 Å². The normalized spacial score (nSPS) is 10.6. The minimum Gasteiger partial charge on any atom is -0.493 e. The Kier molecular flexibility index (Phi) is 6.69. The number of fused-ring (bicyclic) bond motifs is 1. The van der Waals surface area contributed by atoms with E-state index in [1.165, 1.54) is 6.92 Å². The lowest BCUT2D eigenvalue weighted by molar-refractivity contribution is 0.101. The molecule has 5 nitrogen and oxygen atoms in total. The Hall–Kier alpha value is -4.12. The SMILES string of the molecule is CCOc1ccc(C(=O)Nc2cccc(C(C)=O)c2)cc1COc1cccc2ccccc12. The first-order valence-corrected chi connectivity index (χ1v) is 10.8. The molecule has 1 N–H and O–H groups in total. The second kappa shape index (κ2) is 10.0. The van der Waals surface area contributed by atoms with E-state index >= 15 is 0 Å². The van der Waals surface area contributed by atoms with Crippen LogP contribution < -0.4 is 14.8 Å². The number of ketones is 1. The molecular formula is C28H25NO4. The summed E-state index contributed by atoms with van der Waals surface area (Å²) in [4.78, 5) is 24.5. The number of carbonyl (C=O) groups is 2. The van der Waals surface area contributed by atoms with Crippen LogP contribution in [-0.4, -0.2) is 18.3 Å². The third-order valence-electron chi connectivity index (χ3n) is 5.28. The van der Waals surface area contributed by atoms with Gasteiger partial charge in [-0.2, -0.15) is 0 Å². The molecule has 1 amide bonds. The predicted octanol–water partition coefficient (Wildman–Crippen LogP) is 6.27. The molecule has 0 unspecified atom stereocenters. The van der Waals surface area contributed by atoms with Crippen LogP contribution in [0.5, 0.6) is 11.5 Å². The van der Waals surface area contributed by atoms with E-state index in [9.17, 15) is 9.59 Å². The highest BCUT2D eigenvalue weighted by Gasteiger charge is 2.13. The Morgan fingerprint density at radius 2 is 1.58 bits per heavy atom. The van der Waals surface area contributed by atoms with Crippen molar-refractivity contribution in [1.82, 2.24) is 0 Å². The van der Waals surface area contributed by atoms with Gasteiger partial charge in [-0.3, -0.25) is 9.59 Å². The van der Waals surface area contributed by atoms with Crippen LogP contribution in [-0.2, 0) is 6.61 Å². The highest BCUT2D eigenvalue weighted by atomic mass is 16.5. The molecule has 4 aromatic rings. The average molecular weight is 440 g/mol.